The molecule has 2 aromatic heterocycles. The Labute approximate surface area is 97.9 Å². The highest BCUT2D eigenvalue weighted by atomic mass is 16.3. The molecule has 2 heterocycles. The van der Waals surface area contributed by atoms with E-state index in [2.05, 4.69) is 10.1 Å². The smallest absolute Gasteiger partial charge is 0.220 e. The molecule has 0 aliphatic heterocycles. The summed E-state index contributed by atoms with van der Waals surface area (Å²) in [5.41, 5.74) is 7.91. The summed E-state index contributed by atoms with van der Waals surface area (Å²) in [5, 5.41) is 4.17. The van der Waals surface area contributed by atoms with Crippen LogP contribution in [0.3, 0.4) is 0 Å². The van der Waals surface area contributed by atoms with Crippen LogP contribution >= 0.6 is 0 Å². The monoisotopic (exact) mass is 228 g/mol. The van der Waals surface area contributed by atoms with E-state index in [1.165, 1.54) is 0 Å². The van der Waals surface area contributed by atoms with Gasteiger partial charge in [-0.3, -0.25) is 4.68 Å². The number of oxazole rings is 1. The topological polar surface area (TPSA) is 69.9 Å². The van der Waals surface area contributed by atoms with Gasteiger partial charge in [0.2, 0.25) is 5.89 Å². The van der Waals surface area contributed by atoms with Crippen molar-refractivity contribution in [3.63, 3.8) is 0 Å². The third-order valence-electron chi connectivity index (χ3n) is 2.71. The van der Waals surface area contributed by atoms with E-state index >= 15 is 0 Å². The van der Waals surface area contributed by atoms with Crippen molar-refractivity contribution in [3.8, 4) is 0 Å². The second kappa shape index (κ2) is 3.62. The summed E-state index contributed by atoms with van der Waals surface area (Å²) in [6.07, 6.45) is 3.62. The van der Waals surface area contributed by atoms with Gasteiger partial charge in [0, 0.05) is 18.1 Å². The summed E-state index contributed by atoms with van der Waals surface area (Å²) in [5.74, 6) is 0.634. The molecule has 0 aliphatic carbocycles. The van der Waals surface area contributed by atoms with Gasteiger partial charge in [-0.1, -0.05) is 0 Å². The predicted molar refractivity (Wildman–Crippen MR) is 64.5 cm³/mol. The molecule has 0 saturated carbocycles. The predicted octanol–water partition coefficient (Wildman–Crippen LogP) is 2.22. The van der Waals surface area contributed by atoms with Gasteiger partial charge in [0.1, 0.15) is 11.6 Å². The van der Waals surface area contributed by atoms with Gasteiger partial charge in [-0.25, -0.2) is 4.98 Å². The minimum atomic E-state index is -0.0291. The molecular weight excluding hydrogens is 216 g/mol. The van der Waals surface area contributed by atoms with Gasteiger partial charge in [0.05, 0.1) is 0 Å². The van der Waals surface area contributed by atoms with Crippen LogP contribution in [0, 0.1) is 0 Å². The van der Waals surface area contributed by atoms with E-state index in [1.54, 1.807) is 23.0 Å². The molecular formula is C12H12N4O. The number of nitrogens with zero attached hydrogens (tertiary/aromatic N) is 3. The van der Waals surface area contributed by atoms with Crippen molar-refractivity contribution >= 4 is 16.8 Å². The number of nitrogens with two attached hydrogens (primary N) is 1. The zero-order valence-corrected chi connectivity index (χ0v) is 9.37. The number of aromatic nitrogens is 3. The van der Waals surface area contributed by atoms with Crippen molar-refractivity contribution in [2.75, 3.05) is 5.73 Å². The molecule has 0 bridgehead atoms. The van der Waals surface area contributed by atoms with Gasteiger partial charge in [-0.15, -0.1) is 0 Å². The lowest BCUT2D eigenvalue weighted by Crippen LogP contribution is -2.07. The summed E-state index contributed by atoms with van der Waals surface area (Å²) >= 11 is 0. The Bertz CT molecular complexity index is 642. The molecule has 0 fully saturated rings. The molecule has 1 aromatic carbocycles. The lowest BCUT2D eigenvalue weighted by atomic mass is 10.3. The van der Waals surface area contributed by atoms with Gasteiger partial charge in [-0.05, 0) is 31.2 Å². The van der Waals surface area contributed by atoms with Crippen LogP contribution in [-0.2, 0) is 0 Å². The molecule has 5 heteroatoms. The number of anilines is 1. The molecule has 1 unspecified atom stereocenters. The first kappa shape index (κ1) is 9.89. The summed E-state index contributed by atoms with van der Waals surface area (Å²) < 4.78 is 7.48. The molecule has 1 atom stereocenters. The van der Waals surface area contributed by atoms with Gasteiger partial charge in [0.25, 0.3) is 0 Å². The largest absolute Gasteiger partial charge is 0.438 e. The van der Waals surface area contributed by atoms with Crippen molar-refractivity contribution in [1.82, 2.24) is 14.8 Å². The molecule has 5 nitrogen and oxygen atoms in total. The van der Waals surface area contributed by atoms with Crippen LogP contribution < -0.4 is 5.73 Å². The number of hydrogen-bond acceptors (Lipinski definition) is 4. The minimum Gasteiger partial charge on any atom is -0.438 e. The van der Waals surface area contributed by atoms with E-state index in [1.807, 2.05) is 25.3 Å². The van der Waals surface area contributed by atoms with E-state index < -0.39 is 0 Å². The maximum atomic E-state index is 5.70. The van der Waals surface area contributed by atoms with Gasteiger partial charge >= 0.3 is 0 Å². The second-order valence-corrected chi connectivity index (χ2v) is 3.94. The minimum absolute atomic E-state index is 0.0291. The number of rotatable bonds is 2. The Morgan fingerprint density at radius 1 is 1.41 bits per heavy atom. The Hall–Kier alpha value is -2.30. The van der Waals surface area contributed by atoms with Crippen LogP contribution in [0.4, 0.5) is 5.69 Å². The molecule has 17 heavy (non-hydrogen) atoms. The fourth-order valence-electron chi connectivity index (χ4n) is 1.76. The molecule has 3 aromatic rings. The van der Waals surface area contributed by atoms with Crippen LogP contribution in [0.2, 0.25) is 0 Å². The highest BCUT2D eigenvalue weighted by Gasteiger charge is 2.15. The van der Waals surface area contributed by atoms with E-state index in [-0.39, 0.29) is 6.04 Å². The fraction of sp³-hybridized carbons (Fsp3) is 0.167. The SMILES string of the molecule is CC(c1nc2cc(N)ccc2o1)n1cccn1. The molecule has 0 radical (unpaired) electrons. The third-order valence-corrected chi connectivity index (χ3v) is 2.71. The van der Waals surface area contributed by atoms with Crippen LogP contribution in [0.25, 0.3) is 11.1 Å². The first-order valence-corrected chi connectivity index (χ1v) is 5.39. The number of hydrogen-bond donors (Lipinski definition) is 1. The van der Waals surface area contributed by atoms with Crippen LogP contribution in [0.5, 0.6) is 0 Å². The second-order valence-electron chi connectivity index (χ2n) is 3.94. The number of benzene rings is 1. The quantitative estimate of drug-likeness (QED) is 0.683. The average Bonchev–Trinajstić information content (AvgIpc) is 2.96. The molecule has 86 valence electrons. The van der Waals surface area contributed by atoms with Crippen molar-refractivity contribution in [1.29, 1.82) is 0 Å². The van der Waals surface area contributed by atoms with Crippen molar-refractivity contribution < 1.29 is 4.42 Å². The molecule has 2 N–H and O–H groups in total. The van der Waals surface area contributed by atoms with E-state index in [0.717, 1.165) is 11.1 Å². The van der Waals surface area contributed by atoms with E-state index in [9.17, 15) is 0 Å². The lowest BCUT2D eigenvalue weighted by Gasteiger charge is -2.06. The average molecular weight is 228 g/mol. The van der Waals surface area contributed by atoms with Crippen molar-refractivity contribution in [2.24, 2.45) is 0 Å². The standard InChI is InChI=1S/C12H12N4O/c1-8(16-6-2-5-14-16)12-15-10-7-9(13)3-4-11(10)17-12/h2-8H,13H2,1H3. The molecule has 0 spiro atoms. The first-order chi connectivity index (χ1) is 8.24. The van der Waals surface area contributed by atoms with Gasteiger partial charge in [-0.2, -0.15) is 5.10 Å². The van der Waals surface area contributed by atoms with Crippen LogP contribution in [-0.4, -0.2) is 14.8 Å². The molecule has 0 amide bonds. The third kappa shape index (κ3) is 1.65. The fourth-order valence-corrected chi connectivity index (χ4v) is 1.76. The lowest BCUT2D eigenvalue weighted by molar-refractivity contribution is 0.428. The van der Waals surface area contributed by atoms with Crippen LogP contribution in [0.15, 0.2) is 41.1 Å². The maximum absolute atomic E-state index is 5.70. The molecule has 0 saturated heterocycles. The zero-order chi connectivity index (χ0) is 11.8. The summed E-state index contributed by atoms with van der Waals surface area (Å²) in [6.45, 7) is 1.99. The maximum Gasteiger partial charge on any atom is 0.220 e. The van der Waals surface area contributed by atoms with Gasteiger partial charge < -0.3 is 10.2 Å². The Morgan fingerprint density at radius 3 is 3.06 bits per heavy atom. The summed E-state index contributed by atoms with van der Waals surface area (Å²) in [4.78, 5) is 4.42. The molecule has 3 rings (SSSR count). The zero-order valence-electron chi connectivity index (χ0n) is 9.37. The summed E-state index contributed by atoms with van der Waals surface area (Å²) in [6, 6.07) is 7.28. The van der Waals surface area contributed by atoms with Crippen molar-refractivity contribution in [2.45, 2.75) is 13.0 Å². The normalized spacial score (nSPS) is 13.0. The Kier molecular flexibility index (Phi) is 2.11. The highest BCUT2D eigenvalue weighted by molar-refractivity contribution is 5.76. The van der Waals surface area contributed by atoms with Crippen LogP contribution in [0.1, 0.15) is 18.9 Å². The number of fused-ring (bicyclic) bond motifs is 1. The van der Waals surface area contributed by atoms with E-state index in [0.29, 0.717) is 11.6 Å². The Balaban J connectivity index is 2.06. The Morgan fingerprint density at radius 2 is 2.29 bits per heavy atom. The summed E-state index contributed by atoms with van der Waals surface area (Å²) in [7, 11) is 0. The number of nitrogen functional groups attached to an aromatic ring is 1. The van der Waals surface area contributed by atoms with E-state index in [4.69, 9.17) is 10.2 Å². The highest BCUT2D eigenvalue weighted by Crippen LogP contribution is 2.23. The van der Waals surface area contributed by atoms with Crippen molar-refractivity contribution in [3.05, 3.63) is 42.5 Å². The van der Waals surface area contributed by atoms with Gasteiger partial charge in [0.15, 0.2) is 5.58 Å². The first-order valence-electron chi connectivity index (χ1n) is 5.39. The molecule has 0 aliphatic rings.